The number of carbonyl (C=O) groups is 1. The van der Waals surface area contributed by atoms with Gasteiger partial charge in [-0.3, -0.25) is 8.42 Å². The van der Waals surface area contributed by atoms with Gasteiger partial charge in [-0.05, 0) is 6.16 Å². The molecule has 0 N–H and O–H groups in total. The fraction of sp³-hybridized carbons (Fsp3) is 0. The second kappa shape index (κ2) is 10.4. The van der Waals surface area contributed by atoms with Crippen molar-refractivity contribution < 1.29 is 71.5 Å². The predicted molar refractivity (Wildman–Crippen MR) is 15.9 cm³/mol. The van der Waals surface area contributed by atoms with Gasteiger partial charge in [0.05, 0.1) is 0 Å². The Balaban J connectivity index is -0.0000000383. The summed E-state index contributed by atoms with van der Waals surface area (Å²) < 4.78 is 34.1. The van der Waals surface area contributed by atoms with E-state index in [2.05, 4.69) is 0 Å². The van der Waals surface area contributed by atoms with Crippen LogP contribution >= 0.6 is 0 Å². The Labute approximate surface area is 87.9 Å². The molecule has 0 aliphatic heterocycles. The normalized spacial score (nSPS) is 7.45. The number of hydrogen-bond acceptors (Lipinski definition) is 7. The van der Waals surface area contributed by atoms with E-state index in [0.717, 1.165) is 0 Å². The Hall–Kier alpha value is 0.387. The standard InChI is InChI=1S/CH2O3.H2O4S.2Zn/c2-1(3)4;1-5(2,3)4;;/h(H2,2,3,4);(H2,1,2,3,4);;/q;;2*+2/p-4. The zero-order valence-corrected chi connectivity index (χ0v) is 11.9. The minimum absolute atomic E-state index is 0. The van der Waals surface area contributed by atoms with Gasteiger partial charge in [0.15, 0.2) is 0 Å². The second-order valence-electron chi connectivity index (χ2n) is 0.658. The molecule has 7 nitrogen and oxygen atoms in total. The SMILES string of the molecule is O=C([O-])[O-].O=S(=O)([O-])[O-].[Zn+2].[Zn+2]. The molecule has 0 atom stereocenters. The molecule has 0 saturated heterocycles. The van der Waals surface area contributed by atoms with Crippen LogP contribution in [0.3, 0.4) is 0 Å². The number of hydrogen-bond donors (Lipinski definition) is 0. The van der Waals surface area contributed by atoms with E-state index in [0.29, 0.717) is 0 Å². The fourth-order valence-corrected chi connectivity index (χ4v) is 0. The molecule has 0 unspecified atom stereocenters. The molecule has 0 radical (unpaired) electrons. The second-order valence-corrected chi connectivity index (χ2v) is 1.47. The molecule has 0 aliphatic rings. The average molecular weight is 287 g/mol. The Morgan fingerprint density at radius 1 is 1.00 bits per heavy atom. The van der Waals surface area contributed by atoms with Crippen molar-refractivity contribution in [3.63, 3.8) is 0 Å². The van der Waals surface area contributed by atoms with Gasteiger partial charge in [-0.15, -0.1) is 0 Å². The first kappa shape index (κ1) is 22.5. The van der Waals surface area contributed by atoms with Crippen LogP contribution in [0.4, 0.5) is 4.79 Å². The van der Waals surface area contributed by atoms with Gasteiger partial charge in [0.2, 0.25) is 0 Å². The van der Waals surface area contributed by atoms with Gasteiger partial charge in [-0.25, -0.2) is 0 Å². The van der Waals surface area contributed by atoms with Gasteiger partial charge in [-0.2, -0.15) is 0 Å². The first-order chi connectivity index (χ1) is 3.73. The fourth-order valence-electron chi connectivity index (χ4n) is 0. The zero-order valence-electron chi connectivity index (χ0n) is 5.18. The van der Waals surface area contributed by atoms with E-state index >= 15 is 0 Å². The number of rotatable bonds is 0. The molecule has 0 spiro atoms. The molecule has 0 aromatic rings. The van der Waals surface area contributed by atoms with Crippen LogP contribution in [-0.4, -0.2) is 23.7 Å². The molecule has 0 aliphatic carbocycles. The Kier molecular flexibility index (Phi) is 21.3. The van der Waals surface area contributed by atoms with E-state index in [1.165, 1.54) is 0 Å². The monoisotopic (exact) mass is 284 g/mol. The smallest absolute Gasteiger partial charge is 0.759 e. The molecule has 0 saturated carbocycles. The van der Waals surface area contributed by atoms with Crippen LogP contribution in [0.25, 0.3) is 0 Å². The minimum atomic E-state index is -5.17. The summed E-state index contributed by atoms with van der Waals surface area (Å²) in [6.45, 7) is 0. The molecule has 10 heteroatoms. The van der Waals surface area contributed by atoms with Crippen LogP contribution < -0.4 is 10.2 Å². The van der Waals surface area contributed by atoms with Crippen molar-refractivity contribution in [3.05, 3.63) is 0 Å². The summed E-state index contributed by atoms with van der Waals surface area (Å²) in [5.74, 6) is 0. The van der Waals surface area contributed by atoms with Crippen LogP contribution in [0, 0.1) is 0 Å². The molecule has 0 rings (SSSR count). The van der Waals surface area contributed by atoms with Gasteiger partial charge in [0, 0.05) is 10.4 Å². The van der Waals surface area contributed by atoms with E-state index in [1.54, 1.807) is 0 Å². The molecule has 0 bridgehead atoms. The first-order valence-electron chi connectivity index (χ1n) is 1.28. The van der Waals surface area contributed by atoms with Crippen LogP contribution in [0.5, 0.6) is 0 Å². The molecular formula is CO7SZn2. The van der Waals surface area contributed by atoms with Gasteiger partial charge < -0.3 is 24.1 Å². The van der Waals surface area contributed by atoms with Crippen LogP contribution in [0.1, 0.15) is 0 Å². The maximum absolute atomic E-state index is 8.52. The third-order valence-electron chi connectivity index (χ3n) is 0. The van der Waals surface area contributed by atoms with Crippen molar-refractivity contribution in [2.75, 3.05) is 0 Å². The molecule has 11 heavy (non-hydrogen) atoms. The van der Waals surface area contributed by atoms with Gasteiger partial charge in [-0.1, -0.05) is 0 Å². The minimum Gasteiger partial charge on any atom is -0.759 e. The van der Waals surface area contributed by atoms with Crippen molar-refractivity contribution in [2.24, 2.45) is 0 Å². The summed E-state index contributed by atoms with van der Waals surface area (Å²) >= 11 is 0. The summed E-state index contributed by atoms with van der Waals surface area (Å²) in [6, 6.07) is 0. The summed E-state index contributed by atoms with van der Waals surface area (Å²) in [6.07, 6.45) is -2.33. The number of carboxylic acid groups (broad SMARTS) is 2. The summed E-state index contributed by atoms with van der Waals surface area (Å²) in [5.41, 5.74) is 0. The third-order valence-corrected chi connectivity index (χ3v) is 0. The molecule has 0 amide bonds. The van der Waals surface area contributed by atoms with Crippen LogP contribution in [0.15, 0.2) is 0 Å². The molecule has 0 aromatic carbocycles. The van der Waals surface area contributed by atoms with E-state index in [-0.39, 0.29) is 39.0 Å². The van der Waals surface area contributed by atoms with E-state index in [1.807, 2.05) is 0 Å². The van der Waals surface area contributed by atoms with Crippen LogP contribution in [-0.2, 0) is 49.4 Å². The molecule has 56 valence electrons. The predicted octanol–water partition coefficient (Wildman–Crippen LogP) is -3.79. The Bertz CT molecular complexity index is 159. The van der Waals surface area contributed by atoms with Crippen LogP contribution in [0.2, 0.25) is 0 Å². The summed E-state index contributed by atoms with van der Waals surface area (Å²) in [5, 5.41) is 16.7. The van der Waals surface area contributed by atoms with Crippen molar-refractivity contribution in [2.45, 2.75) is 0 Å². The Morgan fingerprint density at radius 3 is 1.00 bits per heavy atom. The molecule has 0 fully saturated rings. The maximum Gasteiger partial charge on any atom is 2.00 e. The molecule has 0 aromatic heterocycles. The van der Waals surface area contributed by atoms with Crippen molar-refractivity contribution in [1.29, 1.82) is 0 Å². The van der Waals surface area contributed by atoms with Crippen molar-refractivity contribution in [1.82, 2.24) is 0 Å². The molecule has 0 heterocycles. The molecular weight excluding hydrogens is 287 g/mol. The quantitative estimate of drug-likeness (QED) is 0.252. The van der Waals surface area contributed by atoms with Gasteiger partial charge >= 0.3 is 39.0 Å². The van der Waals surface area contributed by atoms with Crippen molar-refractivity contribution in [3.8, 4) is 0 Å². The van der Waals surface area contributed by atoms with Crippen molar-refractivity contribution >= 4 is 16.6 Å². The van der Waals surface area contributed by atoms with E-state index in [9.17, 15) is 0 Å². The summed E-state index contributed by atoms with van der Waals surface area (Å²) in [7, 11) is -5.17. The van der Waals surface area contributed by atoms with Gasteiger partial charge in [0.1, 0.15) is 0 Å². The van der Waals surface area contributed by atoms with Gasteiger partial charge in [0.25, 0.3) is 0 Å². The third kappa shape index (κ3) is 4880. The Morgan fingerprint density at radius 2 is 1.00 bits per heavy atom. The largest absolute Gasteiger partial charge is 2.00 e. The average Bonchev–Trinajstić information content (AvgIpc) is 1.19. The first-order valence-corrected chi connectivity index (χ1v) is 2.61. The van der Waals surface area contributed by atoms with E-state index in [4.69, 9.17) is 32.5 Å². The maximum atomic E-state index is 8.52. The zero-order chi connectivity index (χ0) is 8.08. The number of carbonyl (C=O) groups excluding carboxylic acids is 1. The summed E-state index contributed by atoms with van der Waals surface area (Å²) in [4.78, 5) is 8.33. The topological polar surface area (TPSA) is 143 Å². The van der Waals surface area contributed by atoms with E-state index < -0.39 is 16.6 Å².